The Kier molecular flexibility index (Phi) is 3.87. The van der Waals surface area contributed by atoms with Crippen LogP contribution in [0.15, 0.2) is 39.4 Å². The average molecular weight is 352 g/mol. The predicted molar refractivity (Wildman–Crippen MR) is 76.3 cm³/mol. The Morgan fingerprint density at radius 1 is 1.24 bits per heavy atom. The molecule has 0 atom stereocenters. The third-order valence-electron chi connectivity index (χ3n) is 2.62. The number of rotatable bonds is 3. The molecule has 0 unspecified atom stereocenters. The second-order valence-corrected chi connectivity index (χ2v) is 4.90. The largest absolute Gasteiger partial charge is 0.494 e. The van der Waals surface area contributed by atoms with Gasteiger partial charge in [0.15, 0.2) is 0 Å². The van der Waals surface area contributed by atoms with Crippen LogP contribution < -0.4 is 5.32 Å². The second-order valence-electron chi connectivity index (χ2n) is 4.05. The van der Waals surface area contributed by atoms with Crippen molar-refractivity contribution < 1.29 is 18.7 Å². The molecule has 1 aromatic heterocycles. The molecule has 1 aliphatic rings. The summed E-state index contributed by atoms with van der Waals surface area (Å²) in [6.07, 6.45) is 1.40. The highest BCUT2D eigenvalue weighted by molar-refractivity contribution is 9.10. The third-order valence-corrected chi connectivity index (χ3v) is 3.32. The van der Waals surface area contributed by atoms with Crippen LogP contribution in [0.25, 0.3) is 5.76 Å². The second kappa shape index (κ2) is 5.96. The summed E-state index contributed by atoms with van der Waals surface area (Å²) in [7, 11) is 0. The van der Waals surface area contributed by atoms with E-state index < -0.39 is 0 Å². The summed E-state index contributed by atoms with van der Waals surface area (Å²) in [6, 6.07) is 7.01. The minimum Gasteiger partial charge on any atom is -0.494 e. The van der Waals surface area contributed by atoms with Crippen LogP contribution in [0.5, 0.6) is 0 Å². The molecule has 8 heteroatoms. The Morgan fingerprint density at radius 3 is 2.86 bits per heavy atom. The van der Waals surface area contributed by atoms with Gasteiger partial charge >= 0.3 is 6.01 Å². The fourth-order valence-electron chi connectivity index (χ4n) is 1.66. The Morgan fingerprint density at radius 2 is 2.10 bits per heavy atom. The molecule has 1 amide bonds. The van der Waals surface area contributed by atoms with Gasteiger partial charge in [-0.25, -0.2) is 0 Å². The Hall–Kier alpha value is -2.35. The lowest BCUT2D eigenvalue weighted by molar-refractivity contribution is 0.102. The van der Waals surface area contributed by atoms with Gasteiger partial charge < -0.3 is 13.9 Å². The first-order valence-corrected chi connectivity index (χ1v) is 6.87. The summed E-state index contributed by atoms with van der Waals surface area (Å²) in [5.41, 5.74) is 0.466. The van der Waals surface area contributed by atoms with Gasteiger partial charge in [-0.15, -0.1) is 5.10 Å². The zero-order valence-corrected chi connectivity index (χ0v) is 12.3. The van der Waals surface area contributed by atoms with Gasteiger partial charge in [0.1, 0.15) is 19.5 Å². The van der Waals surface area contributed by atoms with Crippen molar-refractivity contribution in [2.24, 2.45) is 0 Å². The van der Waals surface area contributed by atoms with Crippen LogP contribution in [0.2, 0.25) is 0 Å². The minimum atomic E-state index is -0.354. The number of anilines is 1. The van der Waals surface area contributed by atoms with Gasteiger partial charge in [0.25, 0.3) is 11.8 Å². The number of amides is 1. The molecule has 2 aromatic rings. The number of nitrogens with one attached hydrogen (secondary N) is 1. The number of benzene rings is 1. The van der Waals surface area contributed by atoms with Gasteiger partial charge in [0, 0.05) is 4.47 Å². The standard InChI is InChI=1S/C13H10BrN3O4/c14-9-4-2-1-3-8(9)11(18)15-13-17-16-12(21-13)10-7-19-5-6-20-10/h1-4,7H,5-6H2,(H,15,17,18). The molecule has 7 nitrogen and oxygen atoms in total. The molecule has 0 saturated heterocycles. The molecular formula is C13H10BrN3O4. The van der Waals surface area contributed by atoms with E-state index >= 15 is 0 Å². The first kappa shape index (κ1) is 13.6. The summed E-state index contributed by atoms with van der Waals surface area (Å²) >= 11 is 3.30. The van der Waals surface area contributed by atoms with Crippen LogP contribution in [0.1, 0.15) is 16.2 Å². The predicted octanol–water partition coefficient (Wildman–Crippen LogP) is 2.43. The molecule has 0 aliphatic carbocycles. The quantitative estimate of drug-likeness (QED) is 0.913. The monoisotopic (exact) mass is 351 g/mol. The highest BCUT2D eigenvalue weighted by Gasteiger charge is 2.18. The van der Waals surface area contributed by atoms with Crippen molar-refractivity contribution in [3.8, 4) is 0 Å². The van der Waals surface area contributed by atoms with E-state index in [1.807, 2.05) is 6.07 Å². The van der Waals surface area contributed by atoms with Crippen LogP contribution in [-0.2, 0) is 9.47 Å². The smallest absolute Gasteiger partial charge is 0.322 e. The normalized spacial score (nSPS) is 13.9. The first-order valence-electron chi connectivity index (χ1n) is 6.08. The van der Waals surface area contributed by atoms with Crippen LogP contribution in [0.3, 0.4) is 0 Å². The molecule has 2 heterocycles. The van der Waals surface area contributed by atoms with Gasteiger partial charge in [-0.05, 0) is 28.1 Å². The molecular weight excluding hydrogens is 342 g/mol. The summed E-state index contributed by atoms with van der Waals surface area (Å²) in [5.74, 6) is 0.139. The Balaban J connectivity index is 1.74. The fourth-order valence-corrected chi connectivity index (χ4v) is 2.13. The molecule has 21 heavy (non-hydrogen) atoms. The zero-order chi connectivity index (χ0) is 14.7. The summed E-state index contributed by atoms with van der Waals surface area (Å²) < 4.78 is 16.4. The van der Waals surface area contributed by atoms with Gasteiger partial charge in [0.2, 0.25) is 5.76 Å². The molecule has 1 aromatic carbocycles. The van der Waals surface area contributed by atoms with Crippen molar-refractivity contribution in [2.45, 2.75) is 0 Å². The topological polar surface area (TPSA) is 86.5 Å². The molecule has 108 valence electrons. The number of hydrogen-bond donors (Lipinski definition) is 1. The zero-order valence-electron chi connectivity index (χ0n) is 10.7. The van der Waals surface area contributed by atoms with Crippen molar-refractivity contribution in [1.82, 2.24) is 10.2 Å². The van der Waals surface area contributed by atoms with Crippen molar-refractivity contribution in [3.05, 3.63) is 46.5 Å². The van der Waals surface area contributed by atoms with E-state index in [1.165, 1.54) is 6.26 Å². The highest BCUT2D eigenvalue weighted by atomic mass is 79.9. The maximum absolute atomic E-state index is 12.1. The summed E-state index contributed by atoms with van der Waals surface area (Å²) in [5, 5.41) is 10.1. The van der Waals surface area contributed by atoms with Crippen molar-refractivity contribution in [1.29, 1.82) is 0 Å². The Bertz CT molecular complexity index is 698. The highest BCUT2D eigenvalue weighted by Crippen LogP contribution is 2.21. The average Bonchev–Trinajstić information content (AvgIpc) is 2.97. The lowest BCUT2D eigenvalue weighted by Gasteiger charge is -2.11. The van der Waals surface area contributed by atoms with Crippen molar-refractivity contribution in [3.63, 3.8) is 0 Å². The number of halogens is 1. The van der Waals surface area contributed by atoms with Crippen LogP contribution in [-0.4, -0.2) is 29.3 Å². The van der Waals surface area contributed by atoms with E-state index in [4.69, 9.17) is 13.9 Å². The van der Waals surface area contributed by atoms with E-state index in [1.54, 1.807) is 18.2 Å². The van der Waals surface area contributed by atoms with E-state index in [9.17, 15) is 4.79 Å². The van der Waals surface area contributed by atoms with Gasteiger partial charge in [-0.2, -0.15) is 0 Å². The fraction of sp³-hybridized carbons (Fsp3) is 0.154. The van der Waals surface area contributed by atoms with Crippen LogP contribution >= 0.6 is 15.9 Å². The van der Waals surface area contributed by atoms with Crippen LogP contribution in [0.4, 0.5) is 6.01 Å². The van der Waals surface area contributed by atoms with Gasteiger partial charge in [0.05, 0.1) is 5.56 Å². The number of carbonyl (C=O) groups excluding carboxylic acids is 1. The molecule has 0 spiro atoms. The minimum absolute atomic E-state index is 0.0131. The molecule has 0 fully saturated rings. The van der Waals surface area contributed by atoms with Crippen LogP contribution in [0, 0.1) is 0 Å². The van der Waals surface area contributed by atoms with E-state index in [0.29, 0.717) is 29.0 Å². The Labute approximate surface area is 128 Å². The third kappa shape index (κ3) is 3.05. The van der Waals surface area contributed by atoms with E-state index in [2.05, 4.69) is 31.4 Å². The lowest BCUT2D eigenvalue weighted by atomic mass is 10.2. The molecule has 1 aliphatic heterocycles. The molecule has 0 bridgehead atoms. The molecule has 1 N–H and O–H groups in total. The van der Waals surface area contributed by atoms with Crippen molar-refractivity contribution >= 4 is 33.6 Å². The lowest BCUT2D eigenvalue weighted by Crippen LogP contribution is -2.12. The number of hydrogen-bond acceptors (Lipinski definition) is 6. The maximum Gasteiger partial charge on any atom is 0.322 e. The SMILES string of the molecule is O=C(Nc1nnc(C2=COCCO2)o1)c1ccccc1Br. The molecule has 0 saturated carbocycles. The van der Waals surface area contributed by atoms with Crippen molar-refractivity contribution in [2.75, 3.05) is 18.5 Å². The number of carbonyl (C=O) groups is 1. The molecule has 0 radical (unpaired) electrons. The van der Waals surface area contributed by atoms with Gasteiger partial charge in [-0.3, -0.25) is 10.1 Å². The maximum atomic E-state index is 12.1. The number of nitrogens with zero attached hydrogens (tertiary/aromatic N) is 2. The number of ether oxygens (including phenoxy) is 2. The molecule has 3 rings (SSSR count). The van der Waals surface area contributed by atoms with Gasteiger partial charge in [-0.1, -0.05) is 17.2 Å². The first-order chi connectivity index (χ1) is 10.2. The van der Waals surface area contributed by atoms with E-state index in [-0.39, 0.29) is 17.8 Å². The number of aromatic nitrogens is 2. The summed E-state index contributed by atoms with van der Waals surface area (Å²) in [4.78, 5) is 12.1. The van der Waals surface area contributed by atoms with E-state index in [0.717, 1.165) is 0 Å². The summed E-state index contributed by atoms with van der Waals surface area (Å²) in [6.45, 7) is 0.885.